The molecule has 0 aliphatic heterocycles. The summed E-state index contributed by atoms with van der Waals surface area (Å²) in [6.45, 7) is 7.76. The maximum Gasteiger partial charge on any atom is 0.250 e. The molecule has 6 nitrogen and oxygen atoms in total. The number of halogens is 1. The van der Waals surface area contributed by atoms with Gasteiger partial charge >= 0.3 is 0 Å². The van der Waals surface area contributed by atoms with Crippen LogP contribution in [0.3, 0.4) is 0 Å². The van der Waals surface area contributed by atoms with Gasteiger partial charge in [-0.1, -0.05) is 33.6 Å². The highest BCUT2D eigenvalue weighted by molar-refractivity contribution is 9.10. The van der Waals surface area contributed by atoms with Crippen LogP contribution >= 0.6 is 15.9 Å². The van der Waals surface area contributed by atoms with Gasteiger partial charge in [-0.15, -0.1) is 10.2 Å². The lowest BCUT2D eigenvalue weighted by Gasteiger charge is -2.15. The predicted octanol–water partition coefficient (Wildman–Crippen LogP) is 4.23. The first kappa shape index (κ1) is 18.3. The number of aryl methyl sites for hydroxylation is 3. The summed E-state index contributed by atoms with van der Waals surface area (Å²) in [6, 6.07) is 11.1. The zero-order valence-corrected chi connectivity index (χ0v) is 16.7. The van der Waals surface area contributed by atoms with Crippen LogP contribution in [0.15, 0.2) is 40.9 Å². The van der Waals surface area contributed by atoms with Gasteiger partial charge in [0.2, 0.25) is 5.82 Å². The Hall–Kier alpha value is -2.54. The number of tetrazole rings is 1. The first-order chi connectivity index (χ1) is 12.3. The summed E-state index contributed by atoms with van der Waals surface area (Å²) in [7, 11) is 0. The minimum atomic E-state index is -0.577. The van der Waals surface area contributed by atoms with E-state index in [4.69, 9.17) is 0 Å². The third kappa shape index (κ3) is 3.83. The summed E-state index contributed by atoms with van der Waals surface area (Å²) >= 11 is 3.40. The molecule has 0 spiro atoms. The summed E-state index contributed by atoms with van der Waals surface area (Å²) < 4.78 is 0.977. The molecule has 1 amide bonds. The van der Waals surface area contributed by atoms with Crippen molar-refractivity contribution in [2.75, 3.05) is 5.32 Å². The van der Waals surface area contributed by atoms with Gasteiger partial charge in [-0.05, 0) is 68.3 Å². The maximum atomic E-state index is 12.6. The van der Waals surface area contributed by atoms with Crippen LogP contribution in [-0.2, 0) is 4.79 Å². The second kappa shape index (κ2) is 7.37. The molecule has 7 heteroatoms. The number of nitrogens with one attached hydrogen (secondary N) is 1. The molecule has 1 unspecified atom stereocenters. The summed E-state index contributed by atoms with van der Waals surface area (Å²) in [4.78, 5) is 14.0. The highest BCUT2D eigenvalue weighted by atomic mass is 79.9. The Kier molecular flexibility index (Phi) is 5.18. The lowest BCUT2D eigenvalue weighted by Crippen LogP contribution is -2.26. The number of aromatic nitrogens is 4. The molecule has 134 valence electrons. The molecule has 2 aromatic carbocycles. The van der Waals surface area contributed by atoms with Crippen molar-refractivity contribution in [3.05, 3.63) is 57.6 Å². The SMILES string of the molecule is Cc1cc(C)c(NC(=O)C(C)n2nnc(-c3ccc(Br)cc3)n2)c(C)c1. The van der Waals surface area contributed by atoms with Crippen molar-refractivity contribution in [3.8, 4) is 11.4 Å². The molecule has 0 saturated heterocycles. The summed E-state index contributed by atoms with van der Waals surface area (Å²) in [6.07, 6.45) is 0. The minimum Gasteiger partial charge on any atom is -0.324 e. The summed E-state index contributed by atoms with van der Waals surface area (Å²) in [5, 5.41) is 15.4. The van der Waals surface area contributed by atoms with Crippen molar-refractivity contribution in [2.45, 2.75) is 33.7 Å². The fourth-order valence-corrected chi connectivity index (χ4v) is 3.08. The van der Waals surface area contributed by atoms with E-state index >= 15 is 0 Å². The largest absolute Gasteiger partial charge is 0.324 e. The molecule has 0 fully saturated rings. The second-order valence-electron chi connectivity index (χ2n) is 6.38. The molecule has 26 heavy (non-hydrogen) atoms. The number of carbonyl (C=O) groups is 1. The van der Waals surface area contributed by atoms with Gasteiger partial charge in [-0.2, -0.15) is 4.80 Å². The van der Waals surface area contributed by atoms with Crippen LogP contribution in [0.4, 0.5) is 5.69 Å². The number of amides is 1. The normalized spacial score (nSPS) is 12.0. The fraction of sp³-hybridized carbons (Fsp3) is 0.263. The quantitative estimate of drug-likeness (QED) is 0.694. The van der Waals surface area contributed by atoms with Gasteiger partial charge in [0.05, 0.1) is 0 Å². The third-order valence-corrected chi connectivity index (χ3v) is 4.71. The Morgan fingerprint density at radius 3 is 2.35 bits per heavy atom. The van der Waals surface area contributed by atoms with Gasteiger partial charge in [0.15, 0.2) is 0 Å². The number of rotatable bonds is 4. The molecule has 0 saturated carbocycles. The molecule has 0 radical (unpaired) electrons. The monoisotopic (exact) mass is 413 g/mol. The van der Waals surface area contributed by atoms with E-state index in [-0.39, 0.29) is 5.91 Å². The topological polar surface area (TPSA) is 72.7 Å². The molecule has 1 aromatic heterocycles. The van der Waals surface area contributed by atoms with Gasteiger partial charge in [0.1, 0.15) is 6.04 Å². The maximum absolute atomic E-state index is 12.6. The summed E-state index contributed by atoms with van der Waals surface area (Å²) in [5.41, 5.74) is 4.91. The highest BCUT2D eigenvalue weighted by Crippen LogP contribution is 2.23. The van der Waals surface area contributed by atoms with E-state index in [0.29, 0.717) is 5.82 Å². The Morgan fingerprint density at radius 2 is 1.73 bits per heavy atom. The molecule has 1 N–H and O–H groups in total. The number of carbonyl (C=O) groups excluding carboxylic acids is 1. The van der Waals surface area contributed by atoms with E-state index in [0.717, 1.165) is 26.9 Å². The van der Waals surface area contributed by atoms with Crippen molar-refractivity contribution in [1.82, 2.24) is 20.2 Å². The van der Waals surface area contributed by atoms with Crippen LogP contribution in [0.25, 0.3) is 11.4 Å². The molecule has 0 aliphatic rings. The van der Waals surface area contributed by atoms with E-state index in [1.54, 1.807) is 6.92 Å². The minimum absolute atomic E-state index is 0.181. The Balaban J connectivity index is 1.78. The molecule has 1 heterocycles. The van der Waals surface area contributed by atoms with Crippen LogP contribution in [0.1, 0.15) is 29.7 Å². The van der Waals surface area contributed by atoms with Gasteiger partial charge < -0.3 is 5.32 Å². The molecule has 3 rings (SSSR count). The van der Waals surface area contributed by atoms with Crippen LogP contribution in [-0.4, -0.2) is 26.1 Å². The number of nitrogens with zero attached hydrogens (tertiary/aromatic N) is 4. The van der Waals surface area contributed by atoms with Crippen LogP contribution < -0.4 is 5.32 Å². The Bertz CT molecular complexity index is 926. The van der Waals surface area contributed by atoms with Gasteiger partial charge in [0.25, 0.3) is 5.91 Å². The van der Waals surface area contributed by atoms with Crippen LogP contribution in [0.5, 0.6) is 0 Å². The van der Waals surface area contributed by atoms with Crippen LogP contribution in [0, 0.1) is 20.8 Å². The zero-order chi connectivity index (χ0) is 18.8. The van der Waals surface area contributed by atoms with Gasteiger partial charge in [0, 0.05) is 15.7 Å². The highest BCUT2D eigenvalue weighted by Gasteiger charge is 2.20. The van der Waals surface area contributed by atoms with Crippen molar-refractivity contribution in [1.29, 1.82) is 0 Å². The van der Waals surface area contributed by atoms with E-state index in [9.17, 15) is 4.79 Å². The predicted molar refractivity (Wildman–Crippen MR) is 105 cm³/mol. The number of hydrogen-bond acceptors (Lipinski definition) is 4. The Labute approximate surface area is 160 Å². The molecule has 0 aliphatic carbocycles. The first-order valence-corrected chi connectivity index (χ1v) is 9.08. The number of benzene rings is 2. The summed E-state index contributed by atoms with van der Waals surface area (Å²) in [5.74, 6) is 0.305. The van der Waals surface area contributed by atoms with Gasteiger partial charge in [-0.3, -0.25) is 4.79 Å². The van der Waals surface area contributed by atoms with E-state index in [1.807, 2.05) is 57.2 Å². The molecule has 3 aromatic rings. The lowest BCUT2D eigenvalue weighted by atomic mass is 10.0. The van der Waals surface area contributed by atoms with Crippen molar-refractivity contribution in [3.63, 3.8) is 0 Å². The molecular formula is C19H20BrN5O. The molecular weight excluding hydrogens is 394 g/mol. The van der Waals surface area contributed by atoms with Crippen LogP contribution in [0.2, 0.25) is 0 Å². The fourth-order valence-electron chi connectivity index (χ4n) is 2.81. The second-order valence-corrected chi connectivity index (χ2v) is 7.29. The van der Waals surface area contributed by atoms with Crippen molar-refractivity contribution in [2.24, 2.45) is 0 Å². The Morgan fingerprint density at radius 1 is 1.12 bits per heavy atom. The van der Waals surface area contributed by atoms with Crippen molar-refractivity contribution >= 4 is 27.5 Å². The average Bonchev–Trinajstić information content (AvgIpc) is 3.07. The zero-order valence-electron chi connectivity index (χ0n) is 15.1. The van der Waals surface area contributed by atoms with E-state index < -0.39 is 6.04 Å². The third-order valence-electron chi connectivity index (χ3n) is 4.18. The molecule has 1 atom stereocenters. The number of hydrogen-bond donors (Lipinski definition) is 1. The van der Waals surface area contributed by atoms with E-state index in [2.05, 4.69) is 36.7 Å². The first-order valence-electron chi connectivity index (χ1n) is 8.29. The van der Waals surface area contributed by atoms with E-state index in [1.165, 1.54) is 10.4 Å². The average molecular weight is 414 g/mol. The molecule has 0 bridgehead atoms. The number of anilines is 1. The van der Waals surface area contributed by atoms with Crippen molar-refractivity contribution < 1.29 is 4.79 Å². The smallest absolute Gasteiger partial charge is 0.250 e. The lowest BCUT2D eigenvalue weighted by molar-refractivity contribution is -0.119. The standard InChI is InChI=1S/C19H20BrN5O/c1-11-9-12(2)17(13(3)10-11)21-19(26)14(4)25-23-18(22-24-25)15-5-7-16(20)8-6-15/h5-10,14H,1-4H3,(H,21,26). The van der Waals surface area contributed by atoms with Gasteiger partial charge in [-0.25, -0.2) is 0 Å².